The number of hydrogen-bond acceptors (Lipinski definition) is 5. The average molecular weight is 581 g/mol. The first kappa shape index (κ1) is 28.3. The molecular formula is C35H33FN2O5. The van der Waals surface area contributed by atoms with E-state index in [1.165, 1.54) is 6.07 Å². The average Bonchev–Trinajstić information content (AvgIpc) is 3.42. The predicted octanol–water partition coefficient (Wildman–Crippen LogP) is 6.66. The molecule has 0 unspecified atom stereocenters. The standard InChI is InChI=1S/C35H33FN2O5/c1-20(2)43-34-13-22-19-42-32-16-27(25-9-4-6-10-30(25)36)29(14-28(32)26(22)15-33(34)41-3)35(40)38-23(18-39)12-21-17-37-31-11-7-5-8-24(21)31/h4-11,13-17,20,23,37,39H,12,18-19H2,1-3H3,(H,38,40)/t23-/m1/s1. The van der Waals surface area contributed by atoms with Crippen LogP contribution >= 0.6 is 0 Å². The number of aliphatic hydroxyl groups excluding tert-OH is 1. The van der Waals surface area contributed by atoms with Crippen LogP contribution in [-0.4, -0.2) is 41.9 Å². The molecular weight excluding hydrogens is 547 g/mol. The lowest BCUT2D eigenvalue weighted by Crippen LogP contribution is -2.39. The van der Waals surface area contributed by atoms with E-state index in [4.69, 9.17) is 14.2 Å². The Balaban J connectivity index is 1.41. The molecule has 0 saturated carbocycles. The molecule has 1 amide bonds. The second-order valence-electron chi connectivity index (χ2n) is 10.9. The zero-order valence-corrected chi connectivity index (χ0v) is 24.2. The van der Waals surface area contributed by atoms with Crippen LogP contribution in [0.5, 0.6) is 17.2 Å². The number of fused-ring (bicyclic) bond motifs is 4. The van der Waals surface area contributed by atoms with Crippen LogP contribution in [0.1, 0.15) is 35.3 Å². The third-order valence-corrected chi connectivity index (χ3v) is 7.65. The van der Waals surface area contributed by atoms with Gasteiger partial charge in [-0.15, -0.1) is 0 Å². The van der Waals surface area contributed by atoms with Crippen molar-refractivity contribution in [2.45, 2.75) is 39.0 Å². The van der Waals surface area contributed by atoms with Gasteiger partial charge in [0, 0.05) is 44.9 Å². The molecule has 3 N–H and O–H groups in total. The number of halogens is 1. The maximum absolute atomic E-state index is 15.1. The van der Waals surface area contributed by atoms with Gasteiger partial charge in [-0.3, -0.25) is 4.79 Å². The van der Waals surface area contributed by atoms with Crippen molar-refractivity contribution in [2.75, 3.05) is 13.7 Å². The number of hydrogen-bond donors (Lipinski definition) is 3. The minimum atomic E-state index is -0.574. The molecule has 2 heterocycles. The number of ether oxygens (including phenoxy) is 3. The fourth-order valence-electron chi connectivity index (χ4n) is 5.62. The first-order chi connectivity index (χ1) is 20.9. The number of methoxy groups -OCH3 is 1. The molecule has 0 spiro atoms. The minimum absolute atomic E-state index is 0.0499. The summed E-state index contributed by atoms with van der Waals surface area (Å²) < 4.78 is 32.9. The molecule has 220 valence electrons. The fraction of sp³-hybridized carbons (Fsp3) is 0.229. The van der Waals surface area contributed by atoms with E-state index >= 15 is 4.39 Å². The normalized spacial score (nSPS) is 12.8. The van der Waals surface area contributed by atoms with Gasteiger partial charge in [-0.2, -0.15) is 0 Å². The third kappa shape index (κ3) is 5.53. The second kappa shape index (κ2) is 11.8. The third-order valence-electron chi connectivity index (χ3n) is 7.65. The monoisotopic (exact) mass is 580 g/mol. The topological polar surface area (TPSA) is 92.8 Å². The van der Waals surface area contributed by atoms with Crippen molar-refractivity contribution in [1.82, 2.24) is 10.3 Å². The van der Waals surface area contributed by atoms with Crippen LogP contribution in [0.3, 0.4) is 0 Å². The predicted molar refractivity (Wildman–Crippen MR) is 164 cm³/mol. The van der Waals surface area contributed by atoms with Gasteiger partial charge in [0.2, 0.25) is 0 Å². The summed E-state index contributed by atoms with van der Waals surface area (Å²) in [7, 11) is 1.58. The number of aliphatic hydroxyl groups is 1. The number of aromatic amines is 1. The van der Waals surface area contributed by atoms with E-state index in [1.54, 1.807) is 37.4 Å². The number of nitrogens with one attached hydrogen (secondary N) is 2. The fourth-order valence-corrected chi connectivity index (χ4v) is 5.62. The van der Waals surface area contributed by atoms with Crippen molar-refractivity contribution in [1.29, 1.82) is 0 Å². The highest BCUT2D eigenvalue weighted by Gasteiger charge is 2.27. The van der Waals surface area contributed by atoms with E-state index in [0.29, 0.717) is 34.8 Å². The number of amides is 1. The molecule has 43 heavy (non-hydrogen) atoms. The summed E-state index contributed by atoms with van der Waals surface area (Å²) in [6.07, 6.45) is 2.25. The summed E-state index contributed by atoms with van der Waals surface area (Å²) in [4.78, 5) is 17.2. The molecule has 1 aromatic heterocycles. The molecule has 4 aromatic carbocycles. The van der Waals surface area contributed by atoms with Crippen molar-refractivity contribution in [3.63, 3.8) is 0 Å². The number of para-hydroxylation sites is 1. The van der Waals surface area contributed by atoms with Crippen LogP contribution in [0.4, 0.5) is 4.39 Å². The first-order valence-corrected chi connectivity index (χ1v) is 14.3. The minimum Gasteiger partial charge on any atom is -0.493 e. The van der Waals surface area contributed by atoms with E-state index < -0.39 is 17.8 Å². The van der Waals surface area contributed by atoms with Crippen LogP contribution in [0.2, 0.25) is 0 Å². The molecule has 0 saturated heterocycles. The maximum Gasteiger partial charge on any atom is 0.252 e. The molecule has 1 aliphatic heterocycles. The lowest BCUT2D eigenvalue weighted by atomic mass is 9.90. The maximum atomic E-state index is 15.1. The van der Waals surface area contributed by atoms with E-state index in [9.17, 15) is 9.90 Å². The quantitative estimate of drug-likeness (QED) is 0.181. The van der Waals surface area contributed by atoms with Crippen LogP contribution < -0.4 is 19.5 Å². The van der Waals surface area contributed by atoms with Gasteiger partial charge >= 0.3 is 0 Å². The molecule has 0 bridgehead atoms. The Labute approximate surface area is 249 Å². The van der Waals surface area contributed by atoms with Gasteiger partial charge in [-0.25, -0.2) is 4.39 Å². The molecule has 7 nitrogen and oxygen atoms in total. The van der Waals surface area contributed by atoms with Gasteiger partial charge in [0.25, 0.3) is 5.91 Å². The summed E-state index contributed by atoms with van der Waals surface area (Å²) in [5.41, 5.74) is 5.28. The van der Waals surface area contributed by atoms with Gasteiger partial charge in [-0.05, 0) is 67.8 Å². The Hall–Kier alpha value is -4.82. The molecule has 5 aromatic rings. The van der Waals surface area contributed by atoms with Crippen LogP contribution in [0.15, 0.2) is 79.0 Å². The lowest BCUT2D eigenvalue weighted by Gasteiger charge is -2.26. The highest BCUT2D eigenvalue weighted by molar-refractivity contribution is 6.03. The smallest absolute Gasteiger partial charge is 0.252 e. The number of carbonyl (C=O) groups excluding carboxylic acids is 1. The Morgan fingerprint density at radius 3 is 2.56 bits per heavy atom. The van der Waals surface area contributed by atoms with Gasteiger partial charge in [-0.1, -0.05) is 36.4 Å². The molecule has 6 rings (SSSR count). The highest BCUT2D eigenvalue weighted by atomic mass is 19.1. The Morgan fingerprint density at radius 2 is 1.79 bits per heavy atom. The van der Waals surface area contributed by atoms with Gasteiger partial charge in [0.05, 0.1) is 25.9 Å². The van der Waals surface area contributed by atoms with Crippen molar-refractivity contribution in [3.8, 4) is 39.5 Å². The SMILES string of the molecule is COc1cc2c(cc1OC(C)C)COc1cc(-c3ccccc3F)c(C(=O)N[C@@H](CO)Cc3c[nH]c4ccccc34)cc1-2. The number of H-pyrrole nitrogens is 1. The summed E-state index contributed by atoms with van der Waals surface area (Å²) in [5, 5.41) is 14.3. The summed E-state index contributed by atoms with van der Waals surface area (Å²) >= 11 is 0. The Morgan fingerprint density at radius 1 is 1.00 bits per heavy atom. The van der Waals surface area contributed by atoms with Crippen molar-refractivity contribution < 1.29 is 28.5 Å². The number of aromatic nitrogens is 1. The van der Waals surface area contributed by atoms with Crippen LogP contribution in [-0.2, 0) is 13.0 Å². The molecule has 0 radical (unpaired) electrons. The molecule has 1 aliphatic rings. The van der Waals surface area contributed by atoms with E-state index in [0.717, 1.165) is 27.6 Å². The van der Waals surface area contributed by atoms with E-state index in [1.807, 2.05) is 56.4 Å². The number of carbonyl (C=O) groups is 1. The first-order valence-electron chi connectivity index (χ1n) is 14.3. The van der Waals surface area contributed by atoms with Crippen molar-refractivity contribution in [2.24, 2.45) is 0 Å². The second-order valence-corrected chi connectivity index (χ2v) is 10.9. The molecule has 1 atom stereocenters. The van der Waals surface area contributed by atoms with Crippen molar-refractivity contribution in [3.05, 3.63) is 102 Å². The van der Waals surface area contributed by atoms with Gasteiger partial charge < -0.3 is 29.6 Å². The zero-order chi connectivity index (χ0) is 30.1. The van der Waals surface area contributed by atoms with E-state index in [-0.39, 0.29) is 30.4 Å². The molecule has 0 fully saturated rings. The van der Waals surface area contributed by atoms with Crippen LogP contribution in [0, 0.1) is 5.82 Å². The number of rotatable bonds is 9. The molecule has 8 heteroatoms. The highest BCUT2D eigenvalue weighted by Crippen LogP contribution is 2.46. The Bertz CT molecular complexity index is 1810. The molecule has 0 aliphatic carbocycles. The largest absolute Gasteiger partial charge is 0.493 e. The van der Waals surface area contributed by atoms with Crippen molar-refractivity contribution >= 4 is 16.8 Å². The Kier molecular flexibility index (Phi) is 7.78. The summed E-state index contributed by atoms with van der Waals surface area (Å²) in [6.45, 7) is 3.89. The lowest BCUT2D eigenvalue weighted by molar-refractivity contribution is 0.0917. The van der Waals surface area contributed by atoms with Gasteiger partial charge in [0.1, 0.15) is 18.2 Å². The van der Waals surface area contributed by atoms with E-state index in [2.05, 4.69) is 10.3 Å². The summed E-state index contributed by atoms with van der Waals surface area (Å²) in [6, 6.07) is 20.9. The summed E-state index contributed by atoms with van der Waals surface area (Å²) in [5.74, 6) is 0.802. The van der Waals surface area contributed by atoms with Gasteiger partial charge in [0.15, 0.2) is 11.5 Å². The number of benzene rings is 4. The zero-order valence-electron chi connectivity index (χ0n) is 24.2. The van der Waals surface area contributed by atoms with Crippen LogP contribution in [0.25, 0.3) is 33.2 Å².